The number of aliphatic hydroxyl groups is 1. The van der Waals surface area contributed by atoms with Gasteiger partial charge < -0.3 is 5.11 Å². The molecule has 2 aromatic heterocycles. The Kier molecular flexibility index (Phi) is 3.58. The first kappa shape index (κ1) is 11.2. The van der Waals surface area contributed by atoms with Crippen molar-refractivity contribution in [1.82, 2.24) is 14.5 Å². The minimum atomic E-state index is -0.0217. The SMILES string of the molecule is CCSc1ncc(CO)n1-c1cccnc1. The Balaban J connectivity index is 2.48. The second-order valence-electron chi connectivity index (χ2n) is 3.17. The van der Waals surface area contributed by atoms with Gasteiger partial charge in [-0.3, -0.25) is 9.55 Å². The van der Waals surface area contributed by atoms with Crippen LogP contribution in [0.15, 0.2) is 35.9 Å². The summed E-state index contributed by atoms with van der Waals surface area (Å²) >= 11 is 1.65. The van der Waals surface area contributed by atoms with Crippen molar-refractivity contribution < 1.29 is 5.11 Å². The fraction of sp³-hybridized carbons (Fsp3) is 0.273. The first-order valence-electron chi connectivity index (χ1n) is 5.07. The Bertz CT molecular complexity index is 456. The summed E-state index contributed by atoms with van der Waals surface area (Å²) in [5.74, 6) is 0.947. The number of aromatic nitrogens is 3. The van der Waals surface area contributed by atoms with Crippen molar-refractivity contribution in [2.24, 2.45) is 0 Å². The van der Waals surface area contributed by atoms with Crippen LogP contribution in [0.1, 0.15) is 12.6 Å². The zero-order valence-electron chi connectivity index (χ0n) is 9.00. The van der Waals surface area contributed by atoms with Crippen molar-refractivity contribution in [3.8, 4) is 5.69 Å². The van der Waals surface area contributed by atoms with Crippen LogP contribution < -0.4 is 0 Å². The lowest BCUT2D eigenvalue weighted by atomic mass is 10.4. The highest BCUT2D eigenvalue weighted by Crippen LogP contribution is 2.22. The number of aliphatic hydroxyl groups excluding tert-OH is 1. The van der Waals surface area contributed by atoms with Crippen LogP contribution in [0.4, 0.5) is 0 Å². The molecule has 0 fully saturated rings. The number of pyridine rings is 1. The molecule has 84 valence electrons. The van der Waals surface area contributed by atoms with Crippen molar-refractivity contribution in [1.29, 1.82) is 0 Å². The maximum absolute atomic E-state index is 9.27. The van der Waals surface area contributed by atoms with Crippen LogP contribution in [0, 0.1) is 0 Å². The Morgan fingerprint density at radius 3 is 2.94 bits per heavy atom. The molecule has 5 heteroatoms. The van der Waals surface area contributed by atoms with Gasteiger partial charge in [0.05, 0.1) is 30.4 Å². The molecule has 4 nitrogen and oxygen atoms in total. The largest absolute Gasteiger partial charge is 0.390 e. The zero-order chi connectivity index (χ0) is 11.4. The Morgan fingerprint density at radius 2 is 2.31 bits per heavy atom. The van der Waals surface area contributed by atoms with E-state index in [1.807, 2.05) is 16.7 Å². The molecular weight excluding hydrogens is 222 g/mol. The van der Waals surface area contributed by atoms with E-state index in [-0.39, 0.29) is 6.61 Å². The second-order valence-corrected chi connectivity index (χ2v) is 4.40. The number of thioether (sulfide) groups is 1. The van der Waals surface area contributed by atoms with Gasteiger partial charge in [-0.1, -0.05) is 18.7 Å². The van der Waals surface area contributed by atoms with E-state index in [1.54, 1.807) is 30.4 Å². The lowest BCUT2D eigenvalue weighted by molar-refractivity contribution is 0.274. The molecule has 0 aliphatic carbocycles. The summed E-state index contributed by atoms with van der Waals surface area (Å²) < 4.78 is 1.93. The highest BCUT2D eigenvalue weighted by Gasteiger charge is 2.10. The maximum atomic E-state index is 9.27. The summed E-state index contributed by atoms with van der Waals surface area (Å²) in [6, 6.07) is 3.82. The van der Waals surface area contributed by atoms with Crippen LogP contribution in [0.2, 0.25) is 0 Å². The van der Waals surface area contributed by atoms with Gasteiger partial charge in [0.15, 0.2) is 5.16 Å². The number of rotatable bonds is 4. The quantitative estimate of drug-likeness (QED) is 0.822. The van der Waals surface area contributed by atoms with Gasteiger partial charge in [0.1, 0.15) is 0 Å². The van der Waals surface area contributed by atoms with Crippen molar-refractivity contribution in [3.63, 3.8) is 0 Å². The molecule has 2 rings (SSSR count). The monoisotopic (exact) mass is 235 g/mol. The summed E-state index contributed by atoms with van der Waals surface area (Å²) in [7, 11) is 0. The molecule has 0 saturated carbocycles. The predicted molar refractivity (Wildman–Crippen MR) is 63.7 cm³/mol. The predicted octanol–water partition coefficient (Wildman–Crippen LogP) is 1.87. The first-order chi connectivity index (χ1) is 7.86. The lowest BCUT2D eigenvalue weighted by Gasteiger charge is -2.09. The highest BCUT2D eigenvalue weighted by atomic mass is 32.2. The molecule has 0 amide bonds. The van der Waals surface area contributed by atoms with E-state index in [1.165, 1.54) is 0 Å². The fourth-order valence-electron chi connectivity index (χ4n) is 1.47. The minimum Gasteiger partial charge on any atom is -0.390 e. The molecular formula is C11H13N3OS. The number of hydrogen-bond donors (Lipinski definition) is 1. The van der Waals surface area contributed by atoms with Gasteiger partial charge in [0.2, 0.25) is 0 Å². The molecule has 16 heavy (non-hydrogen) atoms. The average Bonchev–Trinajstić information content (AvgIpc) is 2.74. The Hall–Kier alpha value is -1.33. The maximum Gasteiger partial charge on any atom is 0.172 e. The van der Waals surface area contributed by atoms with Crippen molar-refractivity contribution in [3.05, 3.63) is 36.4 Å². The molecule has 2 aromatic rings. The normalized spacial score (nSPS) is 10.6. The van der Waals surface area contributed by atoms with Crippen LogP contribution in [0.3, 0.4) is 0 Å². The molecule has 0 spiro atoms. The molecule has 0 atom stereocenters. The van der Waals surface area contributed by atoms with Gasteiger partial charge in [0, 0.05) is 6.20 Å². The fourth-order valence-corrected chi connectivity index (χ4v) is 2.21. The van der Waals surface area contributed by atoms with E-state index >= 15 is 0 Å². The molecule has 0 unspecified atom stereocenters. The van der Waals surface area contributed by atoms with Gasteiger partial charge in [-0.25, -0.2) is 4.98 Å². The average molecular weight is 235 g/mol. The van der Waals surface area contributed by atoms with Gasteiger partial charge in [0.25, 0.3) is 0 Å². The van der Waals surface area contributed by atoms with Crippen LogP contribution in [0.25, 0.3) is 5.69 Å². The number of imidazole rings is 1. The van der Waals surface area contributed by atoms with Gasteiger partial charge in [-0.05, 0) is 17.9 Å². The summed E-state index contributed by atoms with van der Waals surface area (Å²) in [6.07, 6.45) is 5.19. The molecule has 0 bridgehead atoms. The summed E-state index contributed by atoms with van der Waals surface area (Å²) in [4.78, 5) is 8.37. The first-order valence-corrected chi connectivity index (χ1v) is 6.06. The lowest BCUT2D eigenvalue weighted by Crippen LogP contribution is -2.02. The van der Waals surface area contributed by atoms with Crippen LogP contribution >= 0.6 is 11.8 Å². The van der Waals surface area contributed by atoms with E-state index in [0.29, 0.717) is 0 Å². The minimum absolute atomic E-state index is 0.0217. The summed E-state index contributed by atoms with van der Waals surface area (Å²) in [6.45, 7) is 2.05. The second kappa shape index (κ2) is 5.14. The molecule has 0 radical (unpaired) electrons. The smallest absolute Gasteiger partial charge is 0.172 e. The van der Waals surface area contributed by atoms with E-state index in [2.05, 4.69) is 16.9 Å². The topological polar surface area (TPSA) is 50.9 Å². The molecule has 0 saturated heterocycles. The van der Waals surface area contributed by atoms with Gasteiger partial charge in [-0.15, -0.1) is 0 Å². The van der Waals surface area contributed by atoms with Crippen molar-refractivity contribution in [2.75, 3.05) is 5.75 Å². The zero-order valence-corrected chi connectivity index (χ0v) is 9.81. The summed E-state index contributed by atoms with van der Waals surface area (Å²) in [5, 5.41) is 10.2. The van der Waals surface area contributed by atoms with Crippen LogP contribution in [-0.4, -0.2) is 25.4 Å². The van der Waals surface area contributed by atoms with E-state index in [9.17, 15) is 5.11 Å². The summed E-state index contributed by atoms with van der Waals surface area (Å²) in [5.41, 5.74) is 1.71. The van der Waals surface area contributed by atoms with Gasteiger partial charge in [-0.2, -0.15) is 0 Å². The van der Waals surface area contributed by atoms with Crippen LogP contribution in [-0.2, 0) is 6.61 Å². The van der Waals surface area contributed by atoms with Crippen molar-refractivity contribution >= 4 is 11.8 Å². The molecule has 0 aliphatic rings. The third-order valence-corrected chi connectivity index (χ3v) is 2.98. The van der Waals surface area contributed by atoms with E-state index in [4.69, 9.17) is 0 Å². The molecule has 0 aliphatic heterocycles. The molecule has 1 N–H and O–H groups in total. The standard InChI is InChI=1S/C11H13N3OS/c1-2-16-11-13-7-10(8-15)14(11)9-4-3-5-12-6-9/h3-7,15H,2,8H2,1H3. The molecule has 2 heterocycles. The number of hydrogen-bond acceptors (Lipinski definition) is 4. The van der Waals surface area contributed by atoms with Crippen molar-refractivity contribution in [2.45, 2.75) is 18.7 Å². The van der Waals surface area contributed by atoms with Gasteiger partial charge >= 0.3 is 0 Å². The number of nitrogens with zero attached hydrogens (tertiary/aromatic N) is 3. The molecule has 0 aromatic carbocycles. The Morgan fingerprint density at radius 1 is 1.44 bits per heavy atom. The third kappa shape index (κ3) is 2.10. The third-order valence-electron chi connectivity index (χ3n) is 2.14. The van der Waals surface area contributed by atoms with Crippen LogP contribution in [0.5, 0.6) is 0 Å². The highest BCUT2D eigenvalue weighted by molar-refractivity contribution is 7.99. The Labute approximate surface area is 98.4 Å². The van der Waals surface area contributed by atoms with E-state index in [0.717, 1.165) is 22.3 Å². The van der Waals surface area contributed by atoms with E-state index < -0.39 is 0 Å².